The lowest BCUT2D eigenvalue weighted by atomic mass is 9.92. The summed E-state index contributed by atoms with van der Waals surface area (Å²) in [5.74, 6) is 0.0193. The molecule has 19 heavy (non-hydrogen) atoms. The summed E-state index contributed by atoms with van der Waals surface area (Å²) in [7, 11) is 0. The molecule has 1 aliphatic rings. The van der Waals surface area contributed by atoms with Crippen molar-refractivity contribution in [3.8, 4) is 0 Å². The summed E-state index contributed by atoms with van der Waals surface area (Å²) in [5, 5.41) is 11.0. The number of carbonyl (C=O) groups excluding carboxylic acids is 1. The molecule has 4 heteroatoms. The number of H-pyrrole nitrogens is 1. The van der Waals surface area contributed by atoms with Crippen LogP contribution >= 0.6 is 0 Å². The number of benzene rings is 1. The average Bonchev–Trinajstić information content (AvgIpc) is 2.94. The number of amides is 1. The van der Waals surface area contributed by atoms with Crippen LogP contribution in [0.25, 0.3) is 10.9 Å². The standard InChI is InChI=1S/C15H19N3O/c1-15(2)6-5-12(8-15)17-14(19)10-3-4-13-11(7-10)9-16-18-13/h3-4,7,9,12H,5-6,8H2,1-2H3,(H,16,18)(H,17,19). The van der Waals surface area contributed by atoms with Crippen molar-refractivity contribution < 1.29 is 4.79 Å². The van der Waals surface area contributed by atoms with Gasteiger partial charge in [-0.2, -0.15) is 5.10 Å². The minimum absolute atomic E-state index is 0.0193. The van der Waals surface area contributed by atoms with Gasteiger partial charge in [0.05, 0.1) is 11.7 Å². The van der Waals surface area contributed by atoms with Gasteiger partial charge in [-0.25, -0.2) is 0 Å². The van der Waals surface area contributed by atoms with Crippen molar-refractivity contribution in [2.45, 2.75) is 39.2 Å². The number of fused-ring (bicyclic) bond motifs is 1. The van der Waals surface area contributed by atoms with E-state index in [2.05, 4.69) is 29.4 Å². The number of hydrogen-bond donors (Lipinski definition) is 2. The van der Waals surface area contributed by atoms with E-state index in [1.54, 1.807) is 6.20 Å². The van der Waals surface area contributed by atoms with Gasteiger partial charge in [-0.05, 0) is 42.9 Å². The minimum atomic E-state index is 0.0193. The highest BCUT2D eigenvalue weighted by molar-refractivity contribution is 5.98. The van der Waals surface area contributed by atoms with Crippen LogP contribution in [0.1, 0.15) is 43.5 Å². The minimum Gasteiger partial charge on any atom is -0.349 e. The van der Waals surface area contributed by atoms with Crippen LogP contribution in [0.15, 0.2) is 24.4 Å². The molecule has 4 nitrogen and oxygen atoms in total. The molecule has 0 saturated heterocycles. The second-order valence-corrected chi connectivity index (χ2v) is 6.25. The van der Waals surface area contributed by atoms with E-state index in [-0.39, 0.29) is 5.91 Å². The lowest BCUT2D eigenvalue weighted by Gasteiger charge is -2.17. The molecule has 1 aromatic heterocycles. The third-order valence-electron chi connectivity index (χ3n) is 4.01. The maximum Gasteiger partial charge on any atom is 0.251 e. The monoisotopic (exact) mass is 257 g/mol. The number of carbonyl (C=O) groups is 1. The summed E-state index contributed by atoms with van der Waals surface area (Å²) in [6.07, 6.45) is 5.06. The molecule has 0 bridgehead atoms. The molecular weight excluding hydrogens is 238 g/mol. The number of aromatic amines is 1. The number of aromatic nitrogens is 2. The molecule has 100 valence electrons. The van der Waals surface area contributed by atoms with Gasteiger partial charge in [0.25, 0.3) is 5.91 Å². The molecule has 1 aliphatic carbocycles. The Kier molecular flexibility index (Phi) is 2.81. The van der Waals surface area contributed by atoms with E-state index in [1.807, 2.05) is 18.2 Å². The van der Waals surface area contributed by atoms with Gasteiger partial charge in [0.15, 0.2) is 0 Å². The Balaban J connectivity index is 1.73. The van der Waals surface area contributed by atoms with Crippen LogP contribution in [-0.4, -0.2) is 22.1 Å². The van der Waals surface area contributed by atoms with Crippen LogP contribution in [0, 0.1) is 5.41 Å². The summed E-state index contributed by atoms with van der Waals surface area (Å²) in [6, 6.07) is 5.93. The fourth-order valence-corrected chi connectivity index (χ4v) is 2.91. The molecule has 1 aromatic carbocycles. The van der Waals surface area contributed by atoms with E-state index in [4.69, 9.17) is 0 Å². The van der Waals surface area contributed by atoms with Gasteiger partial charge in [0, 0.05) is 17.0 Å². The van der Waals surface area contributed by atoms with Crippen LogP contribution in [0.4, 0.5) is 0 Å². The van der Waals surface area contributed by atoms with Crippen LogP contribution in [0.3, 0.4) is 0 Å². The molecule has 0 spiro atoms. The molecular formula is C15H19N3O. The summed E-state index contributed by atoms with van der Waals surface area (Å²) < 4.78 is 0. The quantitative estimate of drug-likeness (QED) is 0.869. The first kappa shape index (κ1) is 12.2. The topological polar surface area (TPSA) is 57.8 Å². The van der Waals surface area contributed by atoms with Crippen LogP contribution in [0.5, 0.6) is 0 Å². The van der Waals surface area contributed by atoms with E-state index in [0.29, 0.717) is 17.0 Å². The van der Waals surface area contributed by atoms with Crippen molar-refractivity contribution in [1.82, 2.24) is 15.5 Å². The second kappa shape index (κ2) is 4.37. The molecule has 0 radical (unpaired) electrons. The molecule has 1 unspecified atom stereocenters. The molecule has 2 N–H and O–H groups in total. The van der Waals surface area contributed by atoms with Crippen LogP contribution in [0.2, 0.25) is 0 Å². The first-order valence-electron chi connectivity index (χ1n) is 6.77. The third-order valence-corrected chi connectivity index (χ3v) is 4.01. The van der Waals surface area contributed by atoms with Gasteiger partial charge >= 0.3 is 0 Å². The normalized spacial score (nSPS) is 21.7. The van der Waals surface area contributed by atoms with E-state index in [0.717, 1.165) is 23.7 Å². The lowest BCUT2D eigenvalue weighted by molar-refractivity contribution is 0.0936. The predicted octanol–water partition coefficient (Wildman–Crippen LogP) is 2.87. The number of rotatable bonds is 2. The van der Waals surface area contributed by atoms with Crippen molar-refractivity contribution in [1.29, 1.82) is 0 Å². The smallest absolute Gasteiger partial charge is 0.251 e. The van der Waals surface area contributed by atoms with E-state index >= 15 is 0 Å². The Morgan fingerprint density at radius 3 is 3.05 bits per heavy atom. The molecule has 3 rings (SSSR count). The highest BCUT2D eigenvalue weighted by atomic mass is 16.1. The van der Waals surface area contributed by atoms with E-state index in [9.17, 15) is 4.79 Å². The maximum absolute atomic E-state index is 12.2. The Morgan fingerprint density at radius 2 is 2.32 bits per heavy atom. The largest absolute Gasteiger partial charge is 0.349 e. The fourth-order valence-electron chi connectivity index (χ4n) is 2.91. The van der Waals surface area contributed by atoms with Gasteiger partial charge < -0.3 is 5.32 Å². The zero-order valence-electron chi connectivity index (χ0n) is 11.4. The molecule has 1 fully saturated rings. The summed E-state index contributed by atoms with van der Waals surface area (Å²) in [5.41, 5.74) is 2.02. The van der Waals surface area contributed by atoms with Gasteiger partial charge in [0.2, 0.25) is 0 Å². The fraction of sp³-hybridized carbons (Fsp3) is 0.467. The van der Waals surface area contributed by atoms with Gasteiger partial charge in [-0.3, -0.25) is 9.89 Å². The highest BCUT2D eigenvalue weighted by Gasteiger charge is 2.31. The van der Waals surface area contributed by atoms with E-state index < -0.39 is 0 Å². The number of nitrogens with one attached hydrogen (secondary N) is 2. The predicted molar refractivity (Wildman–Crippen MR) is 75.0 cm³/mol. The Morgan fingerprint density at radius 1 is 1.47 bits per heavy atom. The Bertz CT molecular complexity index is 615. The maximum atomic E-state index is 12.2. The molecule has 1 amide bonds. The number of nitrogens with zero attached hydrogens (tertiary/aromatic N) is 1. The van der Waals surface area contributed by atoms with Crippen LogP contribution in [-0.2, 0) is 0 Å². The molecule has 2 aromatic rings. The van der Waals surface area contributed by atoms with Crippen molar-refractivity contribution in [2.75, 3.05) is 0 Å². The van der Waals surface area contributed by atoms with Crippen molar-refractivity contribution in [3.05, 3.63) is 30.0 Å². The van der Waals surface area contributed by atoms with Gasteiger partial charge in [-0.15, -0.1) is 0 Å². The Labute approximate surface area is 112 Å². The van der Waals surface area contributed by atoms with Gasteiger partial charge in [0.1, 0.15) is 0 Å². The summed E-state index contributed by atoms with van der Waals surface area (Å²) >= 11 is 0. The first-order valence-corrected chi connectivity index (χ1v) is 6.77. The molecule has 1 heterocycles. The highest BCUT2D eigenvalue weighted by Crippen LogP contribution is 2.36. The molecule has 1 saturated carbocycles. The second-order valence-electron chi connectivity index (χ2n) is 6.25. The average molecular weight is 257 g/mol. The van der Waals surface area contributed by atoms with Gasteiger partial charge in [-0.1, -0.05) is 13.8 Å². The molecule has 0 aliphatic heterocycles. The SMILES string of the molecule is CC1(C)CCC(NC(=O)c2ccc3[nH]ncc3c2)C1. The zero-order valence-corrected chi connectivity index (χ0v) is 11.4. The third kappa shape index (κ3) is 2.48. The zero-order chi connectivity index (χ0) is 13.5. The Hall–Kier alpha value is -1.84. The van der Waals surface area contributed by atoms with Crippen molar-refractivity contribution >= 4 is 16.8 Å². The number of hydrogen-bond acceptors (Lipinski definition) is 2. The lowest BCUT2D eigenvalue weighted by Crippen LogP contribution is -2.33. The van der Waals surface area contributed by atoms with Crippen molar-refractivity contribution in [2.24, 2.45) is 5.41 Å². The van der Waals surface area contributed by atoms with Crippen molar-refractivity contribution in [3.63, 3.8) is 0 Å². The summed E-state index contributed by atoms with van der Waals surface area (Å²) in [6.45, 7) is 4.52. The summed E-state index contributed by atoms with van der Waals surface area (Å²) in [4.78, 5) is 12.2. The first-order chi connectivity index (χ1) is 9.03. The van der Waals surface area contributed by atoms with E-state index in [1.165, 1.54) is 6.42 Å². The van der Waals surface area contributed by atoms with Crippen LogP contribution < -0.4 is 5.32 Å². The molecule has 1 atom stereocenters.